The SMILES string of the molecule is C[C@@]12CCC(=O)N1[C@H](C(=O)Nc1nc3ccc(F)cc3[nH]1)CS2. The Morgan fingerprint density at radius 1 is 1.57 bits per heavy atom. The summed E-state index contributed by atoms with van der Waals surface area (Å²) in [5.74, 6) is 0.217. The number of carbonyl (C=O) groups is 2. The molecule has 2 atom stereocenters. The second-order valence-corrected chi connectivity index (χ2v) is 7.50. The number of anilines is 1. The van der Waals surface area contributed by atoms with Crippen LogP contribution in [0.3, 0.4) is 0 Å². The zero-order valence-electron chi connectivity index (χ0n) is 12.4. The van der Waals surface area contributed by atoms with E-state index in [4.69, 9.17) is 0 Å². The molecule has 3 heterocycles. The molecule has 2 aliphatic rings. The highest BCUT2D eigenvalue weighted by molar-refractivity contribution is 8.01. The molecule has 23 heavy (non-hydrogen) atoms. The van der Waals surface area contributed by atoms with Crippen LogP contribution >= 0.6 is 11.8 Å². The summed E-state index contributed by atoms with van der Waals surface area (Å²) in [5, 5.41) is 2.71. The lowest BCUT2D eigenvalue weighted by atomic mass is 10.2. The molecule has 2 aromatic rings. The van der Waals surface area contributed by atoms with E-state index in [1.165, 1.54) is 12.1 Å². The molecule has 1 aromatic heterocycles. The van der Waals surface area contributed by atoms with Crippen LogP contribution in [0.4, 0.5) is 10.3 Å². The number of thioether (sulfide) groups is 1. The summed E-state index contributed by atoms with van der Waals surface area (Å²) in [7, 11) is 0. The Bertz CT molecular complexity index is 823. The molecule has 0 aliphatic carbocycles. The number of amides is 2. The van der Waals surface area contributed by atoms with Gasteiger partial charge in [-0.25, -0.2) is 9.37 Å². The van der Waals surface area contributed by atoms with Gasteiger partial charge in [0.05, 0.1) is 15.9 Å². The van der Waals surface area contributed by atoms with E-state index >= 15 is 0 Å². The van der Waals surface area contributed by atoms with Crippen molar-refractivity contribution in [3.63, 3.8) is 0 Å². The molecule has 0 unspecified atom stereocenters. The average Bonchev–Trinajstić information content (AvgIpc) is 3.12. The molecule has 0 saturated carbocycles. The molecule has 8 heteroatoms. The normalized spacial score (nSPS) is 26.8. The minimum atomic E-state index is -0.495. The number of aromatic amines is 1. The van der Waals surface area contributed by atoms with Crippen molar-refractivity contribution in [3.8, 4) is 0 Å². The molecule has 6 nitrogen and oxygen atoms in total. The Hall–Kier alpha value is -2.09. The van der Waals surface area contributed by atoms with Gasteiger partial charge < -0.3 is 9.88 Å². The van der Waals surface area contributed by atoms with E-state index in [0.717, 1.165) is 6.42 Å². The van der Waals surface area contributed by atoms with E-state index in [9.17, 15) is 14.0 Å². The molecule has 4 rings (SSSR count). The van der Waals surface area contributed by atoms with Crippen molar-refractivity contribution < 1.29 is 14.0 Å². The van der Waals surface area contributed by atoms with Gasteiger partial charge in [0.2, 0.25) is 17.8 Å². The van der Waals surface area contributed by atoms with E-state index in [1.54, 1.807) is 22.7 Å². The van der Waals surface area contributed by atoms with Gasteiger partial charge in [0, 0.05) is 12.2 Å². The predicted molar refractivity (Wildman–Crippen MR) is 85.4 cm³/mol. The molecule has 0 spiro atoms. The first kappa shape index (κ1) is 14.5. The molecule has 2 fully saturated rings. The number of imidazole rings is 1. The zero-order valence-corrected chi connectivity index (χ0v) is 13.2. The van der Waals surface area contributed by atoms with Crippen LogP contribution in [-0.2, 0) is 9.59 Å². The number of hydrogen-bond acceptors (Lipinski definition) is 4. The summed E-state index contributed by atoms with van der Waals surface area (Å²) >= 11 is 1.64. The van der Waals surface area contributed by atoms with Crippen molar-refractivity contribution in [2.24, 2.45) is 0 Å². The number of hydrogen-bond donors (Lipinski definition) is 2. The zero-order chi connectivity index (χ0) is 16.2. The molecule has 2 saturated heterocycles. The van der Waals surface area contributed by atoms with Crippen LogP contribution in [0.5, 0.6) is 0 Å². The lowest BCUT2D eigenvalue weighted by Gasteiger charge is -2.29. The summed E-state index contributed by atoms with van der Waals surface area (Å²) in [4.78, 5) is 33.1. The summed E-state index contributed by atoms with van der Waals surface area (Å²) in [5.41, 5.74) is 1.09. The molecule has 0 radical (unpaired) electrons. The number of nitrogens with one attached hydrogen (secondary N) is 2. The highest BCUT2D eigenvalue weighted by Crippen LogP contribution is 2.47. The first-order chi connectivity index (χ1) is 11.0. The fraction of sp³-hybridized carbons (Fsp3) is 0.400. The van der Waals surface area contributed by atoms with E-state index in [2.05, 4.69) is 15.3 Å². The summed E-state index contributed by atoms with van der Waals surface area (Å²) in [6.45, 7) is 2.00. The van der Waals surface area contributed by atoms with E-state index in [-0.39, 0.29) is 28.5 Å². The quantitative estimate of drug-likeness (QED) is 0.881. The maximum absolute atomic E-state index is 13.2. The van der Waals surface area contributed by atoms with Crippen LogP contribution in [0.1, 0.15) is 19.8 Å². The second-order valence-electron chi connectivity index (χ2n) is 6.00. The van der Waals surface area contributed by atoms with Crippen molar-refractivity contribution in [2.45, 2.75) is 30.7 Å². The molecule has 2 amide bonds. The number of carbonyl (C=O) groups excluding carboxylic acids is 2. The number of H-pyrrole nitrogens is 1. The maximum atomic E-state index is 13.2. The monoisotopic (exact) mass is 334 g/mol. The molecule has 1 aromatic carbocycles. The smallest absolute Gasteiger partial charge is 0.250 e. The third kappa shape index (κ3) is 2.28. The minimum Gasteiger partial charge on any atom is -0.324 e. The third-order valence-corrected chi connectivity index (χ3v) is 5.94. The van der Waals surface area contributed by atoms with Gasteiger partial charge >= 0.3 is 0 Å². The standard InChI is InChI=1S/C15H15FN4O2S/c1-15-5-4-12(21)20(15)11(7-23-15)13(22)19-14-17-9-3-2-8(16)6-10(9)18-14/h2-3,6,11H,4-5,7H2,1H3,(H2,17,18,19,22)/t11-,15+/m0/s1. The Balaban J connectivity index is 1.56. The fourth-order valence-corrected chi connectivity index (χ4v) is 4.69. The Morgan fingerprint density at radius 3 is 3.22 bits per heavy atom. The van der Waals surface area contributed by atoms with Crippen LogP contribution in [0.15, 0.2) is 18.2 Å². The second kappa shape index (κ2) is 4.95. The number of fused-ring (bicyclic) bond motifs is 2. The highest BCUT2D eigenvalue weighted by Gasteiger charge is 2.52. The summed E-state index contributed by atoms with van der Waals surface area (Å²) in [6.07, 6.45) is 1.25. The van der Waals surface area contributed by atoms with Gasteiger partial charge in [-0.05, 0) is 31.5 Å². The number of benzene rings is 1. The molecular weight excluding hydrogens is 319 g/mol. The van der Waals surface area contributed by atoms with E-state index in [0.29, 0.717) is 23.2 Å². The van der Waals surface area contributed by atoms with Crippen molar-refractivity contribution in [3.05, 3.63) is 24.0 Å². The number of aromatic nitrogens is 2. The first-order valence-corrected chi connectivity index (χ1v) is 8.37. The topological polar surface area (TPSA) is 78.1 Å². The fourth-order valence-electron chi connectivity index (χ4n) is 3.26. The molecule has 120 valence electrons. The largest absolute Gasteiger partial charge is 0.324 e. The Labute approximate surface area is 135 Å². The Morgan fingerprint density at radius 2 is 2.39 bits per heavy atom. The lowest BCUT2D eigenvalue weighted by Crippen LogP contribution is -2.48. The van der Waals surface area contributed by atoms with Crippen molar-refractivity contribution >= 4 is 40.6 Å². The van der Waals surface area contributed by atoms with Crippen LogP contribution in [0.25, 0.3) is 11.0 Å². The third-order valence-electron chi connectivity index (χ3n) is 4.43. The molecule has 2 N–H and O–H groups in total. The Kier molecular flexibility index (Phi) is 3.12. The van der Waals surface area contributed by atoms with Gasteiger partial charge in [-0.15, -0.1) is 11.8 Å². The van der Waals surface area contributed by atoms with E-state index in [1.807, 2.05) is 6.92 Å². The highest BCUT2D eigenvalue weighted by atomic mass is 32.2. The van der Waals surface area contributed by atoms with Crippen LogP contribution in [-0.4, -0.2) is 43.3 Å². The van der Waals surface area contributed by atoms with Crippen molar-refractivity contribution in [1.82, 2.24) is 14.9 Å². The lowest BCUT2D eigenvalue weighted by molar-refractivity contribution is -0.135. The average molecular weight is 334 g/mol. The van der Waals surface area contributed by atoms with Crippen molar-refractivity contribution in [1.29, 1.82) is 0 Å². The number of rotatable bonds is 2. The van der Waals surface area contributed by atoms with Gasteiger partial charge in [-0.3, -0.25) is 14.9 Å². The predicted octanol–water partition coefficient (Wildman–Crippen LogP) is 2.09. The molecular formula is C15H15FN4O2S. The van der Waals surface area contributed by atoms with Gasteiger partial charge in [0.15, 0.2) is 0 Å². The van der Waals surface area contributed by atoms with Crippen molar-refractivity contribution in [2.75, 3.05) is 11.1 Å². The minimum absolute atomic E-state index is 0.0179. The maximum Gasteiger partial charge on any atom is 0.250 e. The number of nitrogens with zero attached hydrogens (tertiary/aromatic N) is 2. The van der Waals surface area contributed by atoms with Gasteiger partial charge in [0.1, 0.15) is 11.9 Å². The van der Waals surface area contributed by atoms with Crippen LogP contribution in [0, 0.1) is 5.82 Å². The van der Waals surface area contributed by atoms with Gasteiger partial charge in [-0.1, -0.05) is 0 Å². The van der Waals surface area contributed by atoms with Crippen LogP contribution < -0.4 is 5.32 Å². The first-order valence-electron chi connectivity index (χ1n) is 7.38. The van der Waals surface area contributed by atoms with Crippen LogP contribution in [0.2, 0.25) is 0 Å². The molecule has 2 aliphatic heterocycles. The summed E-state index contributed by atoms with van der Waals surface area (Å²) in [6, 6.07) is 3.69. The van der Waals surface area contributed by atoms with E-state index < -0.39 is 6.04 Å². The number of halogens is 1. The molecule has 0 bridgehead atoms. The van der Waals surface area contributed by atoms with Gasteiger partial charge in [0.25, 0.3) is 0 Å². The van der Waals surface area contributed by atoms with Gasteiger partial charge in [-0.2, -0.15) is 0 Å². The summed E-state index contributed by atoms with van der Waals surface area (Å²) < 4.78 is 13.2.